The number of hydrogen-bond donors (Lipinski definition) is 1. The Bertz CT molecular complexity index is 382. The lowest BCUT2D eigenvalue weighted by atomic mass is 10.1. The van der Waals surface area contributed by atoms with Crippen LogP contribution in [-0.4, -0.2) is 23.1 Å². The normalized spacial score (nSPS) is 16.4. The molecule has 0 aliphatic carbocycles. The first-order valence-electron chi connectivity index (χ1n) is 4.86. The summed E-state index contributed by atoms with van der Waals surface area (Å²) < 4.78 is 0.734. The third-order valence-electron chi connectivity index (χ3n) is 2.32. The molecule has 2 N–H and O–H groups in total. The number of halogens is 1. The lowest BCUT2D eigenvalue weighted by Gasteiger charge is -2.26. The Kier molecular flexibility index (Phi) is 2.90. The average molecular weight is 269 g/mol. The van der Waals surface area contributed by atoms with Crippen molar-refractivity contribution in [3.63, 3.8) is 0 Å². The fourth-order valence-electron chi connectivity index (χ4n) is 1.65. The second-order valence-corrected chi connectivity index (χ2v) is 4.49. The Balaban J connectivity index is 2.26. The van der Waals surface area contributed by atoms with Crippen LogP contribution in [0.4, 0.5) is 11.8 Å². The minimum atomic E-state index is 0.499. The summed E-state index contributed by atoms with van der Waals surface area (Å²) in [6, 6.07) is 1.70. The number of aromatic nitrogens is 2. The molecule has 1 aromatic heterocycles. The van der Waals surface area contributed by atoms with E-state index in [1.807, 2.05) is 0 Å². The van der Waals surface area contributed by atoms with E-state index in [4.69, 9.17) is 5.73 Å². The minimum absolute atomic E-state index is 0.499. The number of rotatable bonds is 1. The van der Waals surface area contributed by atoms with E-state index in [0.29, 0.717) is 11.8 Å². The van der Waals surface area contributed by atoms with Gasteiger partial charge in [-0.1, -0.05) is 11.6 Å². The molecule has 0 bridgehead atoms. The van der Waals surface area contributed by atoms with Gasteiger partial charge in [0.15, 0.2) is 0 Å². The van der Waals surface area contributed by atoms with Crippen molar-refractivity contribution in [2.24, 2.45) is 0 Å². The molecule has 1 aliphatic rings. The largest absolute Gasteiger partial charge is 0.383 e. The fourth-order valence-corrected chi connectivity index (χ4v) is 2.04. The molecule has 0 radical (unpaired) electrons. The van der Waals surface area contributed by atoms with E-state index in [1.165, 1.54) is 5.57 Å². The van der Waals surface area contributed by atoms with Crippen LogP contribution in [0.3, 0.4) is 0 Å². The maximum Gasteiger partial charge on any atom is 0.228 e. The summed E-state index contributed by atoms with van der Waals surface area (Å²) in [4.78, 5) is 10.7. The van der Waals surface area contributed by atoms with Crippen LogP contribution in [0.25, 0.3) is 0 Å². The van der Waals surface area contributed by atoms with Crippen LogP contribution in [-0.2, 0) is 0 Å². The van der Waals surface area contributed by atoms with Crippen LogP contribution in [0.1, 0.15) is 13.3 Å². The van der Waals surface area contributed by atoms with Crippen molar-refractivity contribution in [3.8, 4) is 0 Å². The number of anilines is 2. The highest BCUT2D eigenvalue weighted by Crippen LogP contribution is 2.19. The van der Waals surface area contributed by atoms with Gasteiger partial charge < -0.3 is 10.6 Å². The molecule has 0 unspecified atom stereocenters. The average Bonchev–Trinajstić information content (AvgIpc) is 2.16. The van der Waals surface area contributed by atoms with Gasteiger partial charge in [-0.05, 0) is 29.3 Å². The summed E-state index contributed by atoms with van der Waals surface area (Å²) in [7, 11) is 0. The molecule has 2 heterocycles. The molecule has 1 aromatic rings. The lowest BCUT2D eigenvalue weighted by Crippen LogP contribution is -2.30. The summed E-state index contributed by atoms with van der Waals surface area (Å²) in [6.07, 6.45) is 3.29. The van der Waals surface area contributed by atoms with Gasteiger partial charge in [0.05, 0.1) is 0 Å². The maximum absolute atomic E-state index is 5.68. The highest BCUT2D eigenvalue weighted by molar-refractivity contribution is 9.10. The van der Waals surface area contributed by atoms with E-state index in [9.17, 15) is 0 Å². The topological polar surface area (TPSA) is 55.0 Å². The van der Waals surface area contributed by atoms with E-state index >= 15 is 0 Å². The second-order valence-electron chi connectivity index (χ2n) is 3.68. The van der Waals surface area contributed by atoms with Gasteiger partial charge in [0.25, 0.3) is 0 Å². The van der Waals surface area contributed by atoms with Crippen molar-refractivity contribution in [3.05, 3.63) is 22.3 Å². The van der Waals surface area contributed by atoms with Crippen LogP contribution >= 0.6 is 15.9 Å². The van der Waals surface area contributed by atoms with Crippen molar-refractivity contribution < 1.29 is 0 Å². The van der Waals surface area contributed by atoms with E-state index in [-0.39, 0.29) is 0 Å². The van der Waals surface area contributed by atoms with Gasteiger partial charge >= 0.3 is 0 Å². The summed E-state index contributed by atoms with van der Waals surface area (Å²) in [5.41, 5.74) is 7.03. The van der Waals surface area contributed by atoms with Crippen LogP contribution < -0.4 is 10.6 Å². The molecular formula is C10H13BrN4. The van der Waals surface area contributed by atoms with Gasteiger partial charge in [-0.15, -0.1) is 0 Å². The molecule has 0 atom stereocenters. The summed E-state index contributed by atoms with van der Waals surface area (Å²) in [5.74, 6) is 1.20. The first-order chi connectivity index (χ1) is 7.15. The van der Waals surface area contributed by atoms with E-state index in [0.717, 1.165) is 24.1 Å². The highest BCUT2D eigenvalue weighted by Gasteiger charge is 2.14. The second kappa shape index (κ2) is 4.18. The van der Waals surface area contributed by atoms with Gasteiger partial charge in [-0.3, -0.25) is 0 Å². The third kappa shape index (κ3) is 2.47. The SMILES string of the molecule is CC1=CCCN(c2nc(N)cc(Br)n2)C1. The molecule has 0 spiro atoms. The Hall–Kier alpha value is -1.10. The first-order valence-corrected chi connectivity index (χ1v) is 5.65. The number of nitrogens with zero attached hydrogens (tertiary/aromatic N) is 3. The summed E-state index contributed by atoms with van der Waals surface area (Å²) >= 11 is 3.32. The third-order valence-corrected chi connectivity index (χ3v) is 2.72. The predicted molar refractivity (Wildman–Crippen MR) is 64.7 cm³/mol. The zero-order valence-corrected chi connectivity index (χ0v) is 10.2. The van der Waals surface area contributed by atoms with Crippen LogP contribution in [0.2, 0.25) is 0 Å². The van der Waals surface area contributed by atoms with Crippen LogP contribution in [0, 0.1) is 0 Å². The van der Waals surface area contributed by atoms with Gasteiger partial charge in [0.2, 0.25) is 5.95 Å². The van der Waals surface area contributed by atoms with E-state index < -0.39 is 0 Å². The molecule has 15 heavy (non-hydrogen) atoms. The predicted octanol–water partition coefficient (Wildman–Crippen LogP) is 1.98. The Morgan fingerprint density at radius 2 is 2.27 bits per heavy atom. The number of nitrogen functional groups attached to an aromatic ring is 1. The lowest BCUT2D eigenvalue weighted by molar-refractivity contribution is 0.761. The Morgan fingerprint density at radius 3 is 2.93 bits per heavy atom. The molecule has 1 aliphatic heterocycles. The van der Waals surface area contributed by atoms with Crippen LogP contribution in [0.5, 0.6) is 0 Å². The quantitative estimate of drug-likeness (QED) is 0.625. The van der Waals surface area contributed by atoms with Crippen molar-refractivity contribution in [1.29, 1.82) is 0 Å². The zero-order valence-electron chi connectivity index (χ0n) is 8.57. The molecule has 0 saturated carbocycles. The van der Waals surface area contributed by atoms with E-state index in [2.05, 4.69) is 43.8 Å². The molecule has 5 heteroatoms. The smallest absolute Gasteiger partial charge is 0.228 e. The molecule has 0 amide bonds. The fraction of sp³-hybridized carbons (Fsp3) is 0.400. The standard InChI is InChI=1S/C10H13BrN4/c1-7-3-2-4-15(6-7)10-13-8(11)5-9(12)14-10/h3,5H,2,4,6H2,1H3,(H2,12,13,14). The Labute approximate surface area is 97.3 Å². The van der Waals surface area contributed by atoms with Crippen molar-refractivity contribution in [1.82, 2.24) is 9.97 Å². The van der Waals surface area contributed by atoms with Crippen LogP contribution in [0.15, 0.2) is 22.3 Å². The molecule has 0 fully saturated rings. The van der Waals surface area contributed by atoms with Crippen molar-refractivity contribution in [2.75, 3.05) is 23.7 Å². The van der Waals surface area contributed by atoms with Gasteiger partial charge in [-0.25, -0.2) is 4.98 Å². The molecule has 2 rings (SSSR count). The number of hydrogen-bond acceptors (Lipinski definition) is 4. The molecule has 0 aromatic carbocycles. The maximum atomic E-state index is 5.68. The van der Waals surface area contributed by atoms with Gasteiger partial charge in [0, 0.05) is 19.2 Å². The first kappa shape index (κ1) is 10.4. The van der Waals surface area contributed by atoms with Gasteiger partial charge in [-0.2, -0.15) is 4.98 Å². The zero-order chi connectivity index (χ0) is 10.8. The molecule has 80 valence electrons. The summed E-state index contributed by atoms with van der Waals surface area (Å²) in [5, 5.41) is 0. The molecule has 0 saturated heterocycles. The molecular weight excluding hydrogens is 256 g/mol. The number of nitrogens with two attached hydrogens (primary N) is 1. The Morgan fingerprint density at radius 1 is 1.47 bits per heavy atom. The van der Waals surface area contributed by atoms with Gasteiger partial charge in [0.1, 0.15) is 10.4 Å². The van der Waals surface area contributed by atoms with E-state index in [1.54, 1.807) is 6.07 Å². The minimum Gasteiger partial charge on any atom is -0.383 e. The summed E-state index contributed by atoms with van der Waals surface area (Å²) in [6.45, 7) is 3.95. The van der Waals surface area contributed by atoms with Crippen molar-refractivity contribution in [2.45, 2.75) is 13.3 Å². The highest BCUT2D eigenvalue weighted by atomic mass is 79.9. The monoisotopic (exact) mass is 268 g/mol. The van der Waals surface area contributed by atoms with Crippen molar-refractivity contribution >= 4 is 27.7 Å². The molecule has 4 nitrogen and oxygen atoms in total.